The fourth-order valence-corrected chi connectivity index (χ4v) is 4.95. The van der Waals surface area contributed by atoms with Crippen LogP contribution in [0, 0.1) is 11.8 Å². The van der Waals surface area contributed by atoms with Gasteiger partial charge in [-0.2, -0.15) is 0 Å². The van der Waals surface area contributed by atoms with Gasteiger partial charge in [0.2, 0.25) is 0 Å². The van der Waals surface area contributed by atoms with Crippen LogP contribution in [-0.4, -0.2) is 52.9 Å². The van der Waals surface area contributed by atoms with Gasteiger partial charge in [0.25, 0.3) is 0 Å². The number of aliphatic carboxylic acids is 2. The Morgan fingerprint density at radius 2 is 1.54 bits per heavy atom. The van der Waals surface area contributed by atoms with Crippen molar-refractivity contribution in [2.45, 2.75) is 51.0 Å². The number of ether oxygens (including phenoxy) is 1. The third-order valence-corrected chi connectivity index (χ3v) is 7.39. The van der Waals surface area contributed by atoms with E-state index in [1.54, 1.807) is 12.1 Å². The predicted octanol–water partition coefficient (Wildman–Crippen LogP) is 5.28. The minimum atomic E-state index is -1.26. The van der Waals surface area contributed by atoms with Crippen LogP contribution in [0.25, 0.3) is 0 Å². The molecule has 1 unspecified atom stereocenters. The van der Waals surface area contributed by atoms with E-state index in [1.165, 1.54) is 5.56 Å². The molecule has 1 aliphatic carbocycles. The van der Waals surface area contributed by atoms with Crippen molar-refractivity contribution in [1.29, 1.82) is 0 Å². The van der Waals surface area contributed by atoms with Crippen LogP contribution in [0.5, 0.6) is 0 Å². The zero-order valence-electron chi connectivity index (χ0n) is 22.8. The fraction of sp³-hybridized carbons (Fsp3) is 0.433. The van der Waals surface area contributed by atoms with Crippen molar-refractivity contribution in [3.8, 4) is 0 Å². The molecule has 2 aromatic rings. The summed E-state index contributed by atoms with van der Waals surface area (Å²) in [5.41, 5.74) is 7.99. The van der Waals surface area contributed by atoms with E-state index in [0.717, 1.165) is 45.1 Å². The second kappa shape index (κ2) is 18.3. The molecule has 0 spiro atoms. The molecule has 0 radical (unpaired) electrons. The summed E-state index contributed by atoms with van der Waals surface area (Å²) in [6, 6.07) is 13.5. The number of anilines is 1. The molecule has 1 atom stereocenters. The molecule has 41 heavy (non-hydrogen) atoms. The Morgan fingerprint density at radius 3 is 2.10 bits per heavy atom. The maximum absolute atomic E-state index is 12.0. The van der Waals surface area contributed by atoms with E-state index < -0.39 is 18.0 Å². The summed E-state index contributed by atoms with van der Waals surface area (Å²) in [5.74, 6) is -1.59. The highest BCUT2D eigenvalue weighted by atomic mass is 35.5. The van der Waals surface area contributed by atoms with Crippen LogP contribution in [0.15, 0.2) is 54.6 Å². The number of aryl methyl sites for hydroxylation is 1. The Kier molecular flexibility index (Phi) is 15.3. The zero-order valence-corrected chi connectivity index (χ0v) is 24.3. The van der Waals surface area contributed by atoms with Gasteiger partial charge in [-0.1, -0.05) is 53.5 Å². The first-order chi connectivity index (χ1) is 19.5. The second-order valence-corrected chi connectivity index (χ2v) is 10.8. The average Bonchev–Trinajstić information content (AvgIpc) is 2.95. The van der Waals surface area contributed by atoms with Gasteiger partial charge in [0.05, 0.1) is 28.4 Å². The summed E-state index contributed by atoms with van der Waals surface area (Å²) < 4.78 is 5.53. The number of esters is 1. The quantitative estimate of drug-likeness (QED) is 0.116. The maximum atomic E-state index is 12.0. The van der Waals surface area contributed by atoms with Crippen LogP contribution in [0.4, 0.5) is 5.69 Å². The van der Waals surface area contributed by atoms with Crippen molar-refractivity contribution in [3.05, 3.63) is 75.8 Å². The number of nitrogen functional groups attached to an aromatic ring is 1. The number of rotatable bonds is 13. The monoisotopic (exact) mass is 608 g/mol. The SMILES string of the molecule is Nc1c(Cl)cc(C(O)CNCC2CCC(COC(=O)CCCc3ccccc3)CC2)cc1Cl.O=C(O)/C=C\C(=O)O. The number of nitrogens with one attached hydrogen (secondary N) is 1. The van der Waals surface area contributed by atoms with Crippen molar-refractivity contribution in [3.63, 3.8) is 0 Å². The normalized spacial score (nSPS) is 17.3. The van der Waals surface area contributed by atoms with Crippen LogP contribution in [0.2, 0.25) is 10.0 Å². The summed E-state index contributed by atoms with van der Waals surface area (Å²) >= 11 is 12.1. The molecule has 1 aliphatic rings. The maximum Gasteiger partial charge on any atom is 0.328 e. The lowest BCUT2D eigenvalue weighted by atomic mass is 9.82. The summed E-state index contributed by atoms with van der Waals surface area (Å²) in [6.07, 6.45) is 6.94. The van der Waals surface area contributed by atoms with E-state index in [9.17, 15) is 19.5 Å². The van der Waals surface area contributed by atoms with Crippen molar-refractivity contribution < 1.29 is 34.4 Å². The first kappa shape index (κ1) is 34.1. The van der Waals surface area contributed by atoms with Gasteiger partial charge >= 0.3 is 17.9 Å². The van der Waals surface area contributed by atoms with E-state index in [0.29, 0.717) is 64.9 Å². The third-order valence-electron chi connectivity index (χ3n) is 6.76. The third kappa shape index (κ3) is 13.9. The number of carboxylic acid groups (broad SMARTS) is 2. The molecule has 0 heterocycles. The number of carboxylic acids is 2. The number of benzene rings is 2. The van der Waals surface area contributed by atoms with Crippen LogP contribution in [0.3, 0.4) is 0 Å². The predicted molar refractivity (Wildman–Crippen MR) is 159 cm³/mol. The number of hydrogen-bond donors (Lipinski definition) is 5. The number of carbonyl (C=O) groups excluding carboxylic acids is 1. The number of hydrogen-bond acceptors (Lipinski definition) is 7. The molecule has 9 nitrogen and oxygen atoms in total. The molecule has 0 aromatic heterocycles. The van der Waals surface area contributed by atoms with Gasteiger partial charge in [-0.15, -0.1) is 0 Å². The van der Waals surface area contributed by atoms with E-state index in [1.807, 2.05) is 18.2 Å². The number of carbonyl (C=O) groups is 3. The number of aliphatic hydroxyl groups is 1. The van der Waals surface area contributed by atoms with Gasteiger partial charge in [-0.05, 0) is 80.2 Å². The molecule has 0 bridgehead atoms. The standard InChI is InChI=1S/C26H34Cl2N2O3.C4H4O4/c27-22-13-21(14-23(28)26(22)29)24(31)16-30-15-19-9-11-20(12-10-19)17-33-25(32)8-4-7-18-5-2-1-3-6-18;5-3(6)1-2-4(7)8/h1-3,5-6,13-14,19-20,24,30-31H,4,7-12,15-17,29H2;1-2H,(H,5,6)(H,7,8)/b;2-1-. The van der Waals surface area contributed by atoms with Crippen molar-refractivity contribution >= 4 is 46.8 Å². The van der Waals surface area contributed by atoms with Crippen LogP contribution in [-0.2, 0) is 25.5 Å². The molecule has 0 aliphatic heterocycles. The Bertz CT molecular complexity index is 1110. The summed E-state index contributed by atoms with van der Waals surface area (Å²) in [5, 5.41) is 30.1. The van der Waals surface area contributed by atoms with E-state index >= 15 is 0 Å². The Morgan fingerprint density at radius 1 is 0.976 bits per heavy atom. The van der Waals surface area contributed by atoms with Crippen LogP contribution >= 0.6 is 23.2 Å². The highest BCUT2D eigenvalue weighted by Gasteiger charge is 2.22. The molecule has 1 saturated carbocycles. The first-order valence-electron chi connectivity index (χ1n) is 13.5. The first-order valence-corrected chi connectivity index (χ1v) is 14.3. The van der Waals surface area contributed by atoms with Gasteiger partial charge in [0.1, 0.15) is 0 Å². The smallest absolute Gasteiger partial charge is 0.328 e. The van der Waals surface area contributed by atoms with Gasteiger partial charge in [-0.25, -0.2) is 9.59 Å². The van der Waals surface area contributed by atoms with Gasteiger partial charge in [-0.3, -0.25) is 4.79 Å². The fourth-order valence-electron chi connectivity index (χ4n) is 4.45. The zero-order chi connectivity index (χ0) is 30.2. The molecule has 11 heteroatoms. The van der Waals surface area contributed by atoms with Crippen molar-refractivity contribution in [2.75, 3.05) is 25.4 Å². The molecule has 0 amide bonds. The molecule has 224 valence electrons. The second-order valence-electron chi connectivity index (χ2n) is 9.99. The lowest BCUT2D eigenvalue weighted by molar-refractivity contribution is -0.145. The van der Waals surface area contributed by atoms with Crippen molar-refractivity contribution in [1.82, 2.24) is 5.32 Å². The number of aliphatic hydroxyl groups excluding tert-OH is 1. The highest BCUT2D eigenvalue weighted by molar-refractivity contribution is 6.38. The minimum Gasteiger partial charge on any atom is -0.478 e. The van der Waals surface area contributed by atoms with E-state index in [4.69, 9.17) is 43.9 Å². The Hall–Kier alpha value is -3.11. The molecule has 2 aromatic carbocycles. The molecule has 3 rings (SSSR count). The summed E-state index contributed by atoms with van der Waals surface area (Å²) in [4.78, 5) is 31.2. The van der Waals surface area contributed by atoms with Gasteiger partial charge in [0, 0.05) is 25.1 Å². The molecular formula is C30H38Cl2N2O7. The highest BCUT2D eigenvalue weighted by Crippen LogP contribution is 2.31. The number of nitrogens with two attached hydrogens (primary N) is 1. The number of halogens is 2. The topological polar surface area (TPSA) is 159 Å². The molecule has 0 saturated heterocycles. The van der Waals surface area contributed by atoms with E-state index in [-0.39, 0.29) is 5.97 Å². The van der Waals surface area contributed by atoms with Gasteiger partial charge in [0.15, 0.2) is 0 Å². The Balaban J connectivity index is 0.000000642. The van der Waals surface area contributed by atoms with Crippen LogP contribution < -0.4 is 11.1 Å². The summed E-state index contributed by atoms with van der Waals surface area (Å²) in [6.45, 7) is 1.80. The minimum absolute atomic E-state index is 0.0911. The van der Waals surface area contributed by atoms with Gasteiger partial charge < -0.3 is 31.1 Å². The van der Waals surface area contributed by atoms with Crippen molar-refractivity contribution in [2.24, 2.45) is 11.8 Å². The lowest BCUT2D eigenvalue weighted by Crippen LogP contribution is -2.30. The largest absolute Gasteiger partial charge is 0.478 e. The summed E-state index contributed by atoms with van der Waals surface area (Å²) in [7, 11) is 0. The molecule has 6 N–H and O–H groups in total. The lowest BCUT2D eigenvalue weighted by Gasteiger charge is -2.28. The molecular weight excluding hydrogens is 571 g/mol. The Labute approximate surface area is 250 Å². The molecule has 1 fully saturated rings. The average molecular weight is 610 g/mol. The van der Waals surface area contributed by atoms with Crippen LogP contribution in [0.1, 0.15) is 55.8 Å². The van der Waals surface area contributed by atoms with E-state index in [2.05, 4.69) is 17.4 Å².